The third-order valence-corrected chi connectivity index (χ3v) is 5.45. The molecule has 1 aliphatic heterocycles. The van der Waals surface area contributed by atoms with E-state index >= 15 is 0 Å². The second-order valence-corrected chi connectivity index (χ2v) is 7.69. The van der Waals surface area contributed by atoms with Crippen LogP contribution in [0.15, 0.2) is 94.5 Å². The quantitative estimate of drug-likeness (QED) is 0.457. The molecule has 0 unspecified atom stereocenters. The SMILES string of the molecule is O=c1cc(CN2Cc3ccccc3C2)occ1OCc1ccc(-c2ccccn2)cc1. The Morgan fingerprint density at radius 3 is 2.35 bits per heavy atom. The molecule has 0 saturated carbocycles. The van der Waals surface area contributed by atoms with E-state index in [2.05, 4.69) is 34.1 Å². The molecule has 5 heteroatoms. The van der Waals surface area contributed by atoms with E-state index in [9.17, 15) is 4.79 Å². The maximum Gasteiger partial charge on any atom is 0.227 e. The van der Waals surface area contributed by atoms with Gasteiger partial charge in [-0.05, 0) is 28.8 Å². The molecular weight excluding hydrogens is 388 g/mol. The molecule has 0 amide bonds. The smallest absolute Gasteiger partial charge is 0.227 e. The average molecular weight is 410 g/mol. The summed E-state index contributed by atoms with van der Waals surface area (Å²) in [6.07, 6.45) is 3.20. The lowest BCUT2D eigenvalue weighted by atomic mass is 10.1. The van der Waals surface area contributed by atoms with Crippen LogP contribution in [-0.4, -0.2) is 9.88 Å². The topological polar surface area (TPSA) is 55.6 Å². The van der Waals surface area contributed by atoms with Crippen LogP contribution in [-0.2, 0) is 26.2 Å². The largest absolute Gasteiger partial charge is 0.482 e. The first-order valence-corrected chi connectivity index (χ1v) is 10.3. The van der Waals surface area contributed by atoms with E-state index in [0.717, 1.165) is 29.9 Å². The molecule has 2 aromatic carbocycles. The van der Waals surface area contributed by atoms with Crippen molar-refractivity contribution in [3.8, 4) is 17.0 Å². The van der Waals surface area contributed by atoms with Gasteiger partial charge in [0.05, 0.1) is 12.2 Å². The van der Waals surface area contributed by atoms with Gasteiger partial charge in [-0.3, -0.25) is 14.7 Å². The number of ether oxygens (including phenoxy) is 1. The van der Waals surface area contributed by atoms with Crippen molar-refractivity contribution in [2.24, 2.45) is 0 Å². The Morgan fingerprint density at radius 1 is 0.935 bits per heavy atom. The van der Waals surface area contributed by atoms with Crippen molar-refractivity contribution in [3.63, 3.8) is 0 Å². The summed E-state index contributed by atoms with van der Waals surface area (Å²) in [7, 11) is 0. The van der Waals surface area contributed by atoms with Crippen molar-refractivity contribution >= 4 is 0 Å². The van der Waals surface area contributed by atoms with Crippen LogP contribution in [0.2, 0.25) is 0 Å². The van der Waals surface area contributed by atoms with Crippen LogP contribution in [0.5, 0.6) is 5.75 Å². The number of benzene rings is 2. The molecule has 2 aromatic heterocycles. The average Bonchev–Trinajstić information content (AvgIpc) is 3.22. The Kier molecular flexibility index (Phi) is 5.33. The van der Waals surface area contributed by atoms with Gasteiger partial charge in [0.1, 0.15) is 18.6 Å². The van der Waals surface area contributed by atoms with E-state index in [1.807, 2.05) is 42.5 Å². The summed E-state index contributed by atoms with van der Waals surface area (Å²) in [5.41, 5.74) is 5.43. The first-order chi connectivity index (χ1) is 15.2. The third-order valence-electron chi connectivity index (χ3n) is 5.45. The standard InChI is InChI=1S/C26H22N2O3/c29-25-13-23(16-28-14-21-5-1-2-6-22(21)15-28)30-18-26(25)31-17-19-8-10-20(11-9-19)24-7-3-4-12-27-24/h1-13,18H,14-17H2. The van der Waals surface area contributed by atoms with Crippen LogP contribution in [0.4, 0.5) is 0 Å². The molecule has 0 bridgehead atoms. The summed E-state index contributed by atoms with van der Waals surface area (Å²) in [4.78, 5) is 19.1. The summed E-state index contributed by atoms with van der Waals surface area (Å²) in [5.74, 6) is 0.868. The summed E-state index contributed by atoms with van der Waals surface area (Å²) in [5, 5.41) is 0. The van der Waals surface area contributed by atoms with Crippen LogP contribution in [0.25, 0.3) is 11.3 Å². The van der Waals surface area contributed by atoms with E-state index in [0.29, 0.717) is 18.9 Å². The molecule has 3 heterocycles. The minimum atomic E-state index is -0.164. The molecule has 5 nitrogen and oxygen atoms in total. The van der Waals surface area contributed by atoms with Gasteiger partial charge in [0.2, 0.25) is 11.2 Å². The molecule has 1 aliphatic rings. The molecular formula is C26H22N2O3. The maximum atomic E-state index is 12.5. The fourth-order valence-corrected chi connectivity index (χ4v) is 3.83. The van der Waals surface area contributed by atoms with Gasteiger partial charge in [-0.1, -0.05) is 54.6 Å². The Balaban J connectivity index is 1.20. The zero-order chi connectivity index (χ0) is 21.0. The molecule has 31 heavy (non-hydrogen) atoms. The van der Waals surface area contributed by atoms with Crippen LogP contribution in [0.1, 0.15) is 22.5 Å². The number of fused-ring (bicyclic) bond motifs is 1. The van der Waals surface area contributed by atoms with Gasteiger partial charge in [-0.25, -0.2) is 0 Å². The summed E-state index contributed by atoms with van der Waals surface area (Å²) >= 11 is 0. The second kappa shape index (κ2) is 8.58. The highest BCUT2D eigenvalue weighted by atomic mass is 16.5. The number of hydrogen-bond donors (Lipinski definition) is 0. The van der Waals surface area contributed by atoms with Crippen molar-refractivity contribution in [3.05, 3.63) is 118 Å². The molecule has 5 rings (SSSR count). The number of nitrogens with zero attached hydrogens (tertiary/aromatic N) is 2. The van der Waals surface area contributed by atoms with Crippen molar-refractivity contribution < 1.29 is 9.15 Å². The monoisotopic (exact) mass is 410 g/mol. The van der Waals surface area contributed by atoms with Crippen molar-refractivity contribution in [2.45, 2.75) is 26.2 Å². The molecule has 0 atom stereocenters. The first kappa shape index (κ1) is 19.3. The minimum absolute atomic E-state index is 0.164. The van der Waals surface area contributed by atoms with Crippen LogP contribution < -0.4 is 10.2 Å². The Labute approximate surface area is 180 Å². The lowest BCUT2D eigenvalue weighted by molar-refractivity contribution is 0.241. The molecule has 0 spiro atoms. The van der Waals surface area contributed by atoms with Crippen LogP contribution >= 0.6 is 0 Å². The van der Waals surface area contributed by atoms with Gasteiger partial charge in [0, 0.05) is 30.9 Å². The van der Waals surface area contributed by atoms with Gasteiger partial charge in [0.15, 0.2) is 0 Å². The zero-order valence-electron chi connectivity index (χ0n) is 17.0. The van der Waals surface area contributed by atoms with E-state index in [1.54, 1.807) is 6.20 Å². The predicted molar refractivity (Wildman–Crippen MR) is 118 cm³/mol. The fourth-order valence-electron chi connectivity index (χ4n) is 3.83. The fraction of sp³-hybridized carbons (Fsp3) is 0.154. The third kappa shape index (κ3) is 4.42. The van der Waals surface area contributed by atoms with Gasteiger partial charge in [-0.2, -0.15) is 0 Å². The van der Waals surface area contributed by atoms with Gasteiger partial charge >= 0.3 is 0 Å². The highest BCUT2D eigenvalue weighted by Crippen LogP contribution is 2.24. The summed E-state index contributed by atoms with van der Waals surface area (Å²) < 4.78 is 11.4. The Morgan fingerprint density at radius 2 is 1.68 bits per heavy atom. The minimum Gasteiger partial charge on any atom is -0.482 e. The van der Waals surface area contributed by atoms with Crippen molar-refractivity contribution in [1.29, 1.82) is 0 Å². The molecule has 0 aliphatic carbocycles. The van der Waals surface area contributed by atoms with E-state index in [1.165, 1.54) is 23.5 Å². The highest BCUT2D eigenvalue weighted by Gasteiger charge is 2.19. The normalized spacial score (nSPS) is 13.2. The van der Waals surface area contributed by atoms with E-state index in [-0.39, 0.29) is 11.2 Å². The van der Waals surface area contributed by atoms with Gasteiger partial charge < -0.3 is 9.15 Å². The number of pyridine rings is 1. The first-order valence-electron chi connectivity index (χ1n) is 10.3. The van der Waals surface area contributed by atoms with Gasteiger partial charge in [0.25, 0.3) is 0 Å². The zero-order valence-corrected chi connectivity index (χ0v) is 17.0. The molecule has 0 saturated heterocycles. The molecule has 0 radical (unpaired) electrons. The maximum absolute atomic E-state index is 12.5. The van der Waals surface area contributed by atoms with Crippen LogP contribution in [0, 0.1) is 0 Å². The van der Waals surface area contributed by atoms with Crippen molar-refractivity contribution in [1.82, 2.24) is 9.88 Å². The lowest BCUT2D eigenvalue weighted by Crippen LogP contribution is -2.17. The molecule has 0 N–H and O–H groups in total. The molecule has 0 fully saturated rings. The number of hydrogen-bond acceptors (Lipinski definition) is 5. The number of rotatable bonds is 6. The summed E-state index contributed by atoms with van der Waals surface area (Å²) in [6, 6.07) is 23.7. The molecule has 154 valence electrons. The predicted octanol–water partition coefficient (Wildman–Crippen LogP) is 4.80. The number of aromatic nitrogens is 1. The molecule has 4 aromatic rings. The van der Waals surface area contributed by atoms with E-state index < -0.39 is 0 Å². The Hall–Kier alpha value is -3.70. The van der Waals surface area contributed by atoms with Gasteiger partial charge in [-0.15, -0.1) is 0 Å². The highest BCUT2D eigenvalue weighted by molar-refractivity contribution is 5.58. The summed E-state index contributed by atoms with van der Waals surface area (Å²) in [6.45, 7) is 2.63. The Bertz CT molecular complexity index is 1210. The lowest BCUT2D eigenvalue weighted by Gasteiger charge is -2.14. The van der Waals surface area contributed by atoms with Crippen LogP contribution in [0.3, 0.4) is 0 Å². The van der Waals surface area contributed by atoms with Crippen molar-refractivity contribution in [2.75, 3.05) is 0 Å². The van der Waals surface area contributed by atoms with E-state index in [4.69, 9.17) is 9.15 Å². The second-order valence-electron chi connectivity index (χ2n) is 7.69.